The second-order valence-corrected chi connectivity index (χ2v) is 8.02. The molecule has 0 aromatic heterocycles. The molecule has 1 aliphatic rings. The smallest absolute Gasteiger partial charge is 0.264 e. The fourth-order valence-electron chi connectivity index (χ4n) is 2.93. The predicted octanol–water partition coefficient (Wildman–Crippen LogP) is 3.10. The van der Waals surface area contributed by atoms with E-state index < -0.39 is 15.9 Å². The molecular formula is C19H22N2O3S. The number of nitrogens with one attached hydrogen (secondary N) is 1. The first-order chi connectivity index (χ1) is 12.0. The van der Waals surface area contributed by atoms with Gasteiger partial charge >= 0.3 is 0 Å². The number of carbonyl (C=O) groups excluding carboxylic acids is 1. The third-order valence-corrected chi connectivity index (χ3v) is 5.76. The zero-order chi connectivity index (χ0) is 17.9. The Morgan fingerprint density at radius 2 is 1.52 bits per heavy atom. The van der Waals surface area contributed by atoms with E-state index in [-0.39, 0.29) is 4.90 Å². The number of rotatable bonds is 4. The molecule has 0 spiro atoms. The van der Waals surface area contributed by atoms with Crippen LogP contribution in [0.25, 0.3) is 0 Å². The van der Waals surface area contributed by atoms with Crippen molar-refractivity contribution in [3.8, 4) is 0 Å². The minimum Gasteiger partial charge on any atom is -0.372 e. The molecular weight excluding hydrogens is 336 g/mol. The standard InChI is InChI=1S/C19H22N2O3S/c1-15-5-11-18(12-6-15)25(23,24)20-19(22)16-7-9-17(10-8-16)21-13-3-2-4-14-21/h5-12H,2-4,13-14H2,1H3,(H,20,22). The monoisotopic (exact) mass is 358 g/mol. The molecule has 2 aromatic carbocycles. The summed E-state index contributed by atoms with van der Waals surface area (Å²) in [5, 5.41) is 0. The number of sulfonamides is 1. The van der Waals surface area contributed by atoms with Crippen molar-refractivity contribution in [3.05, 3.63) is 59.7 Å². The van der Waals surface area contributed by atoms with Crippen LogP contribution in [0.1, 0.15) is 35.2 Å². The maximum absolute atomic E-state index is 12.3. The van der Waals surface area contributed by atoms with E-state index in [9.17, 15) is 13.2 Å². The fraction of sp³-hybridized carbons (Fsp3) is 0.316. The number of nitrogens with zero attached hydrogens (tertiary/aromatic N) is 1. The van der Waals surface area contributed by atoms with Gasteiger partial charge in [-0.3, -0.25) is 4.79 Å². The van der Waals surface area contributed by atoms with Crippen LogP contribution in [0.2, 0.25) is 0 Å². The molecule has 6 heteroatoms. The van der Waals surface area contributed by atoms with Gasteiger partial charge in [-0.1, -0.05) is 17.7 Å². The summed E-state index contributed by atoms with van der Waals surface area (Å²) < 4.78 is 26.7. The van der Waals surface area contributed by atoms with Gasteiger partial charge < -0.3 is 4.90 Å². The number of amides is 1. The Hall–Kier alpha value is -2.34. The first-order valence-electron chi connectivity index (χ1n) is 8.44. The normalized spacial score (nSPS) is 15.0. The number of hydrogen-bond donors (Lipinski definition) is 1. The van der Waals surface area contributed by atoms with Crippen LogP contribution in [0.3, 0.4) is 0 Å². The van der Waals surface area contributed by atoms with Crippen LogP contribution in [-0.2, 0) is 10.0 Å². The summed E-state index contributed by atoms with van der Waals surface area (Å²) in [6.07, 6.45) is 3.61. The fourth-order valence-corrected chi connectivity index (χ4v) is 3.91. The van der Waals surface area contributed by atoms with Crippen LogP contribution in [0.15, 0.2) is 53.4 Å². The molecule has 0 radical (unpaired) electrons. The van der Waals surface area contributed by atoms with Crippen molar-refractivity contribution in [2.75, 3.05) is 18.0 Å². The molecule has 132 valence electrons. The first kappa shape index (κ1) is 17.5. The number of carbonyl (C=O) groups is 1. The SMILES string of the molecule is Cc1ccc(S(=O)(=O)NC(=O)c2ccc(N3CCCCC3)cc2)cc1. The van der Waals surface area contributed by atoms with Gasteiger partial charge in [0, 0.05) is 24.3 Å². The maximum atomic E-state index is 12.3. The Kier molecular flexibility index (Phi) is 5.08. The molecule has 0 saturated carbocycles. The zero-order valence-electron chi connectivity index (χ0n) is 14.2. The molecule has 0 unspecified atom stereocenters. The molecule has 5 nitrogen and oxygen atoms in total. The lowest BCUT2D eigenvalue weighted by atomic mass is 10.1. The summed E-state index contributed by atoms with van der Waals surface area (Å²) in [5.41, 5.74) is 2.35. The van der Waals surface area contributed by atoms with Gasteiger partial charge in [0.15, 0.2) is 0 Å². The molecule has 1 N–H and O–H groups in total. The van der Waals surface area contributed by atoms with E-state index in [1.165, 1.54) is 31.4 Å². The van der Waals surface area contributed by atoms with Gasteiger partial charge in [0.25, 0.3) is 15.9 Å². The number of aryl methyl sites for hydroxylation is 1. The molecule has 25 heavy (non-hydrogen) atoms. The van der Waals surface area contributed by atoms with E-state index in [2.05, 4.69) is 9.62 Å². The van der Waals surface area contributed by atoms with Crippen LogP contribution in [0.5, 0.6) is 0 Å². The first-order valence-corrected chi connectivity index (χ1v) is 9.93. The second kappa shape index (κ2) is 7.27. The lowest BCUT2D eigenvalue weighted by Gasteiger charge is -2.28. The highest BCUT2D eigenvalue weighted by molar-refractivity contribution is 7.90. The second-order valence-electron chi connectivity index (χ2n) is 6.34. The van der Waals surface area contributed by atoms with Gasteiger partial charge in [-0.05, 0) is 62.6 Å². The molecule has 1 amide bonds. The van der Waals surface area contributed by atoms with Gasteiger partial charge in [0.1, 0.15) is 0 Å². The Morgan fingerprint density at radius 3 is 2.12 bits per heavy atom. The van der Waals surface area contributed by atoms with E-state index in [0.29, 0.717) is 5.56 Å². The summed E-state index contributed by atoms with van der Waals surface area (Å²) >= 11 is 0. The van der Waals surface area contributed by atoms with Gasteiger partial charge in [-0.2, -0.15) is 0 Å². The molecule has 1 heterocycles. The number of benzene rings is 2. The highest BCUT2D eigenvalue weighted by Gasteiger charge is 2.19. The predicted molar refractivity (Wildman–Crippen MR) is 98.3 cm³/mol. The van der Waals surface area contributed by atoms with Crippen LogP contribution in [0, 0.1) is 6.92 Å². The van der Waals surface area contributed by atoms with Crippen molar-refractivity contribution in [2.24, 2.45) is 0 Å². The molecule has 0 aliphatic carbocycles. The Balaban J connectivity index is 1.71. The van der Waals surface area contributed by atoms with E-state index in [1.807, 2.05) is 19.1 Å². The van der Waals surface area contributed by atoms with Crippen molar-refractivity contribution < 1.29 is 13.2 Å². The van der Waals surface area contributed by atoms with E-state index in [4.69, 9.17) is 0 Å². The zero-order valence-corrected chi connectivity index (χ0v) is 15.1. The number of piperidine rings is 1. The van der Waals surface area contributed by atoms with Gasteiger partial charge in [-0.25, -0.2) is 13.1 Å². The van der Waals surface area contributed by atoms with Crippen LogP contribution >= 0.6 is 0 Å². The lowest BCUT2D eigenvalue weighted by molar-refractivity contribution is 0.0981. The topological polar surface area (TPSA) is 66.5 Å². The third kappa shape index (κ3) is 4.20. The summed E-state index contributed by atoms with van der Waals surface area (Å²) in [6.45, 7) is 3.92. The van der Waals surface area contributed by atoms with Crippen LogP contribution < -0.4 is 9.62 Å². The average Bonchev–Trinajstić information content (AvgIpc) is 2.62. The molecule has 3 rings (SSSR count). The summed E-state index contributed by atoms with van der Waals surface area (Å²) in [6, 6.07) is 13.5. The molecule has 2 aromatic rings. The van der Waals surface area contributed by atoms with Crippen molar-refractivity contribution >= 4 is 21.6 Å². The molecule has 1 aliphatic heterocycles. The highest BCUT2D eigenvalue weighted by atomic mass is 32.2. The minimum atomic E-state index is -3.86. The van der Waals surface area contributed by atoms with E-state index in [1.54, 1.807) is 24.3 Å². The third-order valence-electron chi connectivity index (χ3n) is 4.41. The highest BCUT2D eigenvalue weighted by Crippen LogP contribution is 2.20. The van der Waals surface area contributed by atoms with Crippen molar-refractivity contribution in [1.29, 1.82) is 0 Å². The number of anilines is 1. The van der Waals surface area contributed by atoms with E-state index >= 15 is 0 Å². The molecule has 1 fully saturated rings. The molecule has 1 saturated heterocycles. The summed E-state index contributed by atoms with van der Waals surface area (Å²) in [5.74, 6) is -0.620. The Labute approximate surface area is 148 Å². The Bertz CT molecular complexity index is 837. The lowest BCUT2D eigenvalue weighted by Crippen LogP contribution is -2.31. The minimum absolute atomic E-state index is 0.0800. The van der Waals surface area contributed by atoms with Crippen molar-refractivity contribution in [2.45, 2.75) is 31.1 Å². The van der Waals surface area contributed by atoms with E-state index in [0.717, 1.165) is 24.3 Å². The quantitative estimate of drug-likeness (QED) is 0.912. The van der Waals surface area contributed by atoms with Gasteiger partial charge in [0.2, 0.25) is 0 Å². The van der Waals surface area contributed by atoms with Gasteiger partial charge in [-0.15, -0.1) is 0 Å². The summed E-state index contributed by atoms with van der Waals surface area (Å²) in [4.78, 5) is 14.7. The van der Waals surface area contributed by atoms with Crippen molar-refractivity contribution in [1.82, 2.24) is 4.72 Å². The Morgan fingerprint density at radius 1 is 0.920 bits per heavy atom. The van der Waals surface area contributed by atoms with Crippen LogP contribution in [-0.4, -0.2) is 27.4 Å². The van der Waals surface area contributed by atoms with Crippen molar-refractivity contribution in [3.63, 3.8) is 0 Å². The molecule has 0 atom stereocenters. The van der Waals surface area contributed by atoms with Crippen LogP contribution in [0.4, 0.5) is 5.69 Å². The summed E-state index contributed by atoms with van der Waals surface area (Å²) in [7, 11) is -3.86. The molecule has 0 bridgehead atoms. The number of hydrogen-bond acceptors (Lipinski definition) is 4. The largest absolute Gasteiger partial charge is 0.372 e. The van der Waals surface area contributed by atoms with Gasteiger partial charge in [0.05, 0.1) is 4.90 Å². The maximum Gasteiger partial charge on any atom is 0.264 e. The average molecular weight is 358 g/mol.